The lowest BCUT2D eigenvalue weighted by Crippen LogP contribution is -2.30. The fourth-order valence-corrected chi connectivity index (χ4v) is 5.71. The molecule has 1 aliphatic rings. The van der Waals surface area contributed by atoms with E-state index in [1.54, 1.807) is 12.3 Å². The van der Waals surface area contributed by atoms with Gasteiger partial charge in [0.05, 0.1) is 29.0 Å². The van der Waals surface area contributed by atoms with Gasteiger partial charge in [0, 0.05) is 15.6 Å². The summed E-state index contributed by atoms with van der Waals surface area (Å²) in [7, 11) is 0. The van der Waals surface area contributed by atoms with Crippen molar-refractivity contribution in [3.63, 3.8) is 0 Å². The predicted molar refractivity (Wildman–Crippen MR) is 139 cm³/mol. The van der Waals surface area contributed by atoms with Crippen molar-refractivity contribution < 1.29 is 4.79 Å². The van der Waals surface area contributed by atoms with Gasteiger partial charge >= 0.3 is 0 Å². The Bertz CT molecular complexity index is 1410. The first-order valence-corrected chi connectivity index (χ1v) is 12.3. The van der Waals surface area contributed by atoms with Crippen molar-refractivity contribution >= 4 is 34.6 Å². The molecule has 6 heteroatoms. The molecule has 2 aromatic carbocycles. The Hall–Kier alpha value is -2.82. The number of amides is 1. The molecule has 0 aliphatic heterocycles. The molecule has 1 aliphatic carbocycles. The smallest absolute Gasteiger partial charge is 0.253 e. The van der Waals surface area contributed by atoms with Gasteiger partial charge in [-0.2, -0.15) is 5.10 Å². The van der Waals surface area contributed by atoms with E-state index in [0.717, 1.165) is 40.7 Å². The van der Waals surface area contributed by atoms with Crippen LogP contribution < -0.4 is 5.32 Å². The summed E-state index contributed by atoms with van der Waals surface area (Å²) in [4.78, 5) is 13.6. The average molecular weight is 492 g/mol. The number of fused-ring (bicyclic) bond motifs is 2. The van der Waals surface area contributed by atoms with Crippen LogP contribution in [0.25, 0.3) is 16.8 Å². The average Bonchev–Trinajstić information content (AvgIpc) is 3.31. The summed E-state index contributed by atoms with van der Waals surface area (Å²) in [5.74, 6) is -0.0900. The minimum atomic E-state index is -0.279. The van der Waals surface area contributed by atoms with Gasteiger partial charge in [-0.25, -0.2) is 4.52 Å². The number of nitrogens with one attached hydrogen (secondary N) is 1. The zero-order chi connectivity index (χ0) is 24.2. The number of hydrogen-bond donors (Lipinski definition) is 1. The molecule has 1 N–H and O–H groups in total. The van der Waals surface area contributed by atoms with Crippen LogP contribution in [0, 0.1) is 6.92 Å². The molecule has 0 bridgehead atoms. The van der Waals surface area contributed by atoms with Crippen molar-refractivity contribution in [3.8, 4) is 11.3 Å². The second kappa shape index (κ2) is 8.44. The number of aryl methyl sites for hydroxylation is 2. The van der Waals surface area contributed by atoms with Gasteiger partial charge in [-0.3, -0.25) is 4.79 Å². The van der Waals surface area contributed by atoms with Crippen molar-refractivity contribution in [2.24, 2.45) is 0 Å². The van der Waals surface area contributed by atoms with E-state index in [9.17, 15) is 4.79 Å². The summed E-state index contributed by atoms with van der Waals surface area (Å²) < 4.78 is 1.90. The third kappa shape index (κ3) is 3.99. The Morgan fingerprint density at radius 2 is 1.79 bits per heavy atom. The van der Waals surface area contributed by atoms with Crippen molar-refractivity contribution in [2.75, 3.05) is 0 Å². The van der Waals surface area contributed by atoms with Crippen LogP contribution in [0.5, 0.6) is 0 Å². The molecule has 0 saturated heterocycles. The largest absolute Gasteiger partial charge is 0.345 e. The Morgan fingerprint density at radius 1 is 1.09 bits per heavy atom. The zero-order valence-electron chi connectivity index (χ0n) is 19.7. The fourth-order valence-electron chi connectivity index (χ4n) is 5.18. The van der Waals surface area contributed by atoms with Crippen LogP contribution in [0.3, 0.4) is 0 Å². The number of nitrogens with zero attached hydrogens (tertiary/aromatic N) is 2. The first-order chi connectivity index (χ1) is 16.1. The lowest BCUT2D eigenvalue weighted by Gasteiger charge is -2.24. The lowest BCUT2D eigenvalue weighted by molar-refractivity contribution is 0.0934. The van der Waals surface area contributed by atoms with E-state index in [2.05, 4.69) is 50.4 Å². The van der Waals surface area contributed by atoms with Crippen LogP contribution in [0.2, 0.25) is 10.0 Å². The fraction of sp³-hybridized carbons (Fsp3) is 0.286. The quantitative estimate of drug-likeness (QED) is 0.326. The second-order valence-corrected chi connectivity index (χ2v) is 11.0. The first kappa shape index (κ1) is 22.9. The van der Waals surface area contributed by atoms with Gasteiger partial charge in [-0.15, -0.1) is 0 Å². The zero-order valence-corrected chi connectivity index (χ0v) is 21.3. The van der Waals surface area contributed by atoms with Crippen molar-refractivity contribution in [2.45, 2.75) is 52.0 Å². The summed E-state index contributed by atoms with van der Waals surface area (Å²) in [6.45, 7) is 8.42. The normalized spacial score (nSPS) is 15.5. The molecule has 0 fully saturated rings. The van der Waals surface area contributed by atoms with Crippen LogP contribution in [0.15, 0.2) is 54.7 Å². The predicted octanol–water partition coefficient (Wildman–Crippen LogP) is 7.33. The summed E-state index contributed by atoms with van der Waals surface area (Å²) in [5.41, 5.74) is 7.58. The molecule has 1 atom stereocenters. The van der Waals surface area contributed by atoms with Crippen LogP contribution in [-0.2, 0) is 11.8 Å². The third-order valence-electron chi connectivity index (χ3n) is 6.56. The topological polar surface area (TPSA) is 46.4 Å². The number of rotatable bonds is 3. The highest BCUT2D eigenvalue weighted by molar-refractivity contribution is 6.35. The highest BCUT2D eigenvalue weighted by Crippen LogP contribution is 2.37. The van der Waals surface area contributed by atoms with Crippen LogP contribution in [0.4, 0.5) is 0 Å². The molecule has 0 saturated carbocycles. The first-order valence-electron chi connectivity index (χ1n) is 11.5. The van der Waals surface area contributed by atoms with Crippen LogP contribution in [-0.4, -0.2) is 15.5 Å². The Kier molecular flexibility index (Phi) is 5.70. The van der Waals surface area contributed by atoms with Gasteiger partial charge in [-0.05, 0) is 71.7 Å². The van der Waals surface area contributed by atoms with E-state index in [0.29, 0.717) is 15.6 Å². The molecular formula is C28H27Cl2N3O. The van der Waals surface area contributed by atoms with Gasteiger partial charge in [0.1, 0.15) is 0 Å². The molecule has 2 aromatic heterocycles. The van der Waals surface area contributed by atoms with Gasteiger partial charge in [0.25, 0.3) is 5.91 Å². The summed E-state index contributed by atoms with van der Waals surface area (Å²) >= 11 is 12.6. The summed E-state index contributed by atoms with van der Waals surface area (Å²) in [6.07, 6.45) is 3.59. The Morgan fingerprint density at radius 3 is 2.50 bits per heavy atom. The number of aromatic nitrogens is 2. The van der Waals surface area contributed by atoms with E-state index >= 15 is 0 Å². The number of carbonyl (C=O) groups is 1. The van der Waals surface area contributed by atoms with E-state index in [1.807, 2.05) is 29.6 Å². The SMILES string of the molecule is Cc1cc2c(C(C)(C)C)c(C(=O)N[C@H]3CCc4ccccc43)cnn2c1-c1cc(Cl)cc(Cl)c1. The highest BCUT2D eigenvalue weighted by atomic mass is 35.5. The molecule has 2 heterocycles. The number of benzene rings is 2. The molecule has 4 nitrogen and oxygen atoms in total. The third-order valence-corrected chi connectivity index (χ3v) is 7.00. The molecule has 5 rings (SSSR count). The number of carbonyl (C=O) groups excluding carboxylic acids is 1. The van der Waals surface area contributed by atoms with Gasteiger partial charge in [-0.1, -0.05) is 68.2 Å². The molecule has 0 radical (unpaired) electrons. The van der Waals surface area contributed by atoms with Gasteiger partial charge in [0.15, 0.2) is 0 Å². The maximum Gasteiger partial charge on any atom is 0.253 e. The van der Waals surface area contributed by atoms with Crippen molar-refractivity contribution in [3.05, 3.63) is 92.6 Å². The molecule has 0 spiro atoms. The monoisotopic (exact) mass is 491 g/mol. The molecule has 4 aromatic rings. The van der Waals surface area contributed by atoms with Gasteiger partial charge in [0.2, 0.25) is 0 Å². The molecule has 174 valence electrons. The molecule has 34 heavy (non-hydrogen) atoms. The summed E-state index contributed by atoms with van der Waals surface area (Å²) in [5, 5.41) is 9.14. The minimum absolute atomic E-state index is 0.0189. The lowest BCUT2D eigenvalue weighted by atomic mass is 9.83. The van der Waals surface area contributed by atoms with E-state index in [1.165, 1.54) is 11.1 Å². The molecular weight excluding hydrogens is 465 g/mol. The van der Waals surface area contributed by atoms with Crippen molar-refractivity contribution in [1.29, 1.82) is 0 Å². The van der Waals surface area contributed by atoms with E-state index in [-0.39, 0.29) is 17.4 Å². The number of hydrogen-bond acceptors (Lipinski definition) is 2. The Labute approximate surface area is 209 Å². The second-order valence-electron chi connectivity index (χ2n) is 10.1. The molecule has 1 amide bonds. The standard InChI is InChI=1S/C28H27Cl2N3O/c1-16-11-24-25(28(2,3)4)22(27(34)32-23-10-9-17-7-5-6-8-21(17)23)15-31-33(24)26(16)18-12-19(29)14-20(30)13-18/h5-8,11-15,23H,9-10H2,1-4H3,(H,32,34)/t23-/m0/s1. The maximum absolute atomic E-state index is 13.6. The van der Waals surface area contributed by atoms with E-state index < -0.39 is 0 Å². The van der Waals surface area contributed by atoms with Gasteiger partial charge < -0.3 is 5.32 Å². The Balaban J connectivity index is 1.62. The van der Waals surface area contributed by atoms with Crippen LogP contribution >= 0.6 is 23.2 Å². The van der Waals surface area contributed by atoms with Crippen molar-refractivity contribution in [1.82, 2.24) is 14.9 Å². The molecule has 0 unspecified atom stereocenters. The maximum atomic E-state index is 13.6. The van der Waals surface area contributed by atoms with E-state index in [4.69, 9.17) is 28.3 Å². The van der Waals surface area contributed by atoms with Crippen LogP contribution in [0.1, 0.15) is 65.8 Å². The number of halogens is 2. The highest BCUT2D eigenvalue weighted by Gasteiger charge is 2.30. The summed E-state index contributed by atoms with van der Waals surface area (Å²) in [6, 6.07) is 15.9. The minimum Gasteiger partial charge on any atom is -0.345 e.